The van der Waals surface area contributed by atoms with Gasteiger partial charge in [0.25, 0.3) is 5.91 Å². The van der Waals surface area contributed by atoms with Crippen LogP contribution in [0.25, 0.3) is 0 Å². The second-order valence-corrected chi connectivity index (χ2v) is 9.25. The standard InChI is InChI=1S/C24H35N3O4/c1-8-18-16(4)26-22(29)21(19(18)12-17-10-14(2)9-15(3)11-17)27-20(28)13-25-23(30)31-24(5,6)7/h9-11,16,18H,8,12-13H2,1-7H3,(H,25,30)(H,26,29)(H,27,28). The van der Waals surface area contributed by atoms with Gasteiger partial charge in [0, 0.05) is 12.0 Å². The van der Waals surface area contributed by atoms with E-state index >= 15 is 0 Å². The minimum Gasteiger partial charge on any atom is -0.444 e. The molecule has 1 aromatic rings. The monoisotopic (exact) mass is 429 g/mol. The smallest absolute Gasteiger partial charge is 0.408 e. The maximum Gasteiger partial charge on any atom is 0.408 e. The van der Waals surface area contributed by atoms with E-state index in [-0.39, 0.29) is 30.1 Å². The highest BCUT2D eigenvalue weighted by Crippen LogP contribution is 2.29. The molecule has 0 aliphatic carbocycles. The Balaban J connectivity index is 2.25. The SMILES string of the molecule is CCC1C(Cc2cc(C)cc(C)c2)=C(NC(=O)CNC(=O)OC(C)(C)C)C(=O)NC1C. The lowest BCUT2D eigenvalue weighted by molar-refractivity contribution is -0.124. The quantitative estimate of drug-likeness (QED) is 0.646. The Hall–Kier alpha value is -2.83. The zero-order valence-corrected chi connectivity index (χ0v) is 19.6. The Labute approximate surface area is 185 Å². The summed E-state index contributed by atoms with van der Waals surface area (Å²) >= 11 is 0. The zero-order chi connectivity index (χ0) is 23.3. The van der Waals surface area contributed by atoms with Crippen LogP contribution in [0.5, 0.6) is 0 Å². The van der Waals surface area contributed by atoms with Gasteiger partial charge in [0.1, 0.15) is 17.8 Å². The predicted octanol–water partition coefficient (Wildman–Crippen LogP) is 3.29. The highest BCUT2D eigenvalue weighted by Gasteiger charge is 2.33. The lowest BCUT2D eigenvalue weighted by atomic mass is 9.81. The summed E-state index contributed by atoms with van der Waals surface area (Å²) in [4.78, 5) is 37.1. The third kappa shape index (κ3) is 7.12. The van der Waals surface area contributed by atoms with Crippen LogP contribution < -0.4 is 16.0 Å². The van der Waals surface area contributed by atoms with Crippen LogP contribution >= 0.6 is 0 Å². The minimum atomic E-state index is -0.680. The van der Waals surface area contributed by atoms with Gasteiger partial charge in [-0.2, -0.15) is 0 Å². The lowest BCUT2D eigenvalue weighted by Gasteiger charge is -2.34. The molecule has 2 rings (SSSR count). The number of hydrogen-bond donors (Lipinski definition) is 3. The van der Waals surface area contributed by atoms with E-state index in [9.17, 15) is 14.4 Å². The molecule has 2 atom stereocenters. The summed E-state index contributed by atoms with van der Waals surface area (Å²) in [5.74, 6) is -0.673. The maximum absolute atomic E-state index is 12.8. The van der Waals surface area contributed by atoms with Crippen molar-refractivity contribution in [2.24, 2.45) is 5.92 Å². The van der Waals surface area contributed by atoms with Crippen LogP contribution in [0.4, 0.5) is 4.79 Å². The van der Waals surface area contributed by atoms with Gasteiger partial charge in [-0.15, -0.1) is 0 Å². The molecule has 7 heteroatoms. The fourth-order valence-electron chi connectivity index (χ4n) is 4.01. The van der Waals surface area contributed by atoms with E-state index in [2.05, 4.69) is 41.1 Å². The van der Waals surface area contributed by atoms with Gasteiger partial charge in [-0.25, -0.2) is 4.79 Å². The Morgan fingerprint density at radius 3 is 2.29 bits per heavy atom. The van der Waals surface area contributed by atoms with E-state index in [0.717, 1.165) is 28.7 Å². The molecule has 1 aromatic carbocycles. The van der Waals surface area contributed by atoms with Gasteiger partial charge < -0.3 is 20.7 Å². The molecule has 0 fully saturated rings. The number of nitrogens with one attached hydrogen (secondary N) is 3. The van der Waals surface area contributed by atoms with Crippen molar-refractivity contribution < 1.29 is 19.1 Å². The van der Waals surface area contributed by atoms with Gasteiger partial charge in [-0.3, -0.25) is 9.59 Å². The first kappa shape index (κ1) is 24.4. The van der Waals surface area contributed by atoms with Crippen molar-refractivity contribution in [3.05, 3.63) is 46.2 Å². The van der Waals surface area contributed by atoms with E-state index in [4.69, 9.17) is 4.74 Å². The van der Waals surface area contributed by atoms with Crippen LogP contribution in [0.2, 0.25) is 0 Å². The fourth-order valence-corrected chi connectivity index (χ4v) is 4.01. The number of carbonyl (C=O) groups excluding carboxylic acids is 3. The van der Waals surface area contributed by atoms with Crippen LogP contribution in [0, 0.1) is 19.8 Å². The maximum atomic E-state index is 12.8. The molecule has 0 aromatic heterocycles. The Kier molecular flexibility index (Phi) is 7.87. The van der Waals surface area contributed by atoms with Gasteiger partial charge >= 0.3 is 6.09 Å². The van der Waals surface area contributed by atoms with Crippen molar-refractivity contribution in [2.45, 2.75) is 73.0 Å². The molecular formula is C24H35N3O4. The first-order valence-corrected chi connectivity index (χ1v) is 10.8. The third-order valence-electron chi connectivity index (χ3n) is 5.13. The molecule has 0 saturated heterocycles. The molecule has 0 radical (unpaired) electrons. The number of rotatable bonds is 6. The summed E-state index contributed by atoms with van der Waals surface area (Å²) in [5.41, 5.74) is 3.95. The molecule has 7 nitrogen and oxygen atoms in total. The first-order chi connectivity index (χ1) is 14.4. The van der Waals surface area contributed by atoms with Crippen LogP contribution in [0.15, 0.2) is 29.5 Å². The molecular weight excluding hydrogens is 394 g/mol. The van der Waals surface area contributed by atoms with Crippen molar-refractivity contribution in [1.29, 1.82) is 0 Å². The average molecular weight is 430 g/mol. The van der Waals surface area contributed by atoms with E-state index in [1.807, 2.05) is 20.8 Å². The normalized spacial score (nSPS) is 19.0. The number of amides is 3. The zero-order valence-electron chi connectivity index (χ0n) is 19.6. The number of benzene rings is 1. The molecule has 0 bridgehead atoms. The molecule has 3 amide bonds. The van der Waals surface area contributed by atoms with Crippen LogP contribution in [0.3, 0.4) is 0 Å². The highest BCUT2D eigenvalue weighted by molar-refractivity contribution is 6.00. The summed E-state index contributed by atoms with van der Waals surface area (Å²) in [6.45, 7) is 13.1. The molecule has 1 aliphatic rings. The van der Waals surface area contributed by atoms with E-state index in [1.165, 1.54) is 0 Å². The van der Waals surface area contributed by atoms with Crippen molar-refractivity contribution in [3.8, 4) is 0 Å². The van der Waals surface area contributed by atoms with Gasteiger partial charge in [0.05, 0.1) is 0 Å². The fraction of sp³-hybridized carbons (Fsp3) is 0.542. The van der Waals surface area contributed by atoms with Crippen LogP contribution in [0.1, 0.15) is 57.7 Å². The third-order valence-corrected chi connectivity index (χ3v) is 5.13. The van der Waals surface area contributed by atoms with E-state index in [0.29, 0.717) is 6.42 Å². The van der Waals surface area contributed by atoms with Gasteiger partial charge in [0.2, 0.25) is 5.91 Å². The molecule has 1 aliphatic heterocycles. The number of aryl methyl sites for hydroxylation is 2. The van der Waals surface area contributed by atoms with Gasteiger partial charge in [0.15, 0.2) is 0 Å². The van der Waals surface area contributed by atoms with Crippen molar-refractivity contribution >= 4 is 17.9 Å². The largest absolute Gasteiger partial charge is 0.444 e. The topological polar surface area (TPSA) is 96.5 Å². The number of alkyl carbamates (subject to hydrolysis) is 1. The Bertz CT molecular complexity index is 863. The Morgan fingerprint density at radius 2 is 1.74 bits per heavy atom. The number of carbonyl (C=O) groups is 3. The van der Waals surface area contributed by atoms with E-state index in [1.54, 1.807) is 20.8 Å². The van der Waals surface area contributed by atoms with Crippen LogP contribution in [-0.2, 0) is 20.7 Å². The molecule has 31 heavy (non-hydrogen) atoms. The second kappa shape index (κ2) is 9.98. The van der Waals surface area contributed by atoms with Gasteiger partial charge in [-0.1, -0.05) is 36.2 Å². The van der Waals surface area contributed by atoms with Crippen molar-refractivity contribution in [2.75, 3.05) is 6.54 Å². The second-order valence-electron chi connectivity index (χ2n) is 9.25. The summed E-state index contributed by atoms with van der Waals surface area (Å²) in [6, 6.07) is 6.29. The molecule has 2 unspecified atom stereocenters. The summed E-state index contributed by atoms with van der Waals surface area (Å²) < 4.78 is 5.15. The number of hydrogen-bond acceptors (Lipinski definition) is 4. The predicted molar refractivity (Wildman–Crippen MR) is 120 cm³/mol. The summed E-state index contributed by atoms with van der Waals surface area (Å²) in [5, 5.41) is 8.11. The molecule has 0 spiro atoms. The first-order valence-electron chi connectivity index (χ1n) is 10.8. The average Bonchev–Trinajstić information content (AvgIpc) is 2.61. The molecule has 1 heterocycles. The van der Waals surface area contributed by atoms with Crippen LogP contribution in [-0.4, -0.2) is 36.1 Å². The van der Waals surface area contributed by atoms with Crippen molar-refractivity contribution in [3.63, 3.8) is 0 Å². The van der Waals surface area contributed by atoms with Crippen molar-refractivity contribution in [1.82, 2.24) is 16.0 Å². The molecule has 0 saturated carbocycles. The summed E-state index contributed by atoms with van der Waals surface area (Å²) in [7, 11) is 0. The van der Waals surface area contributed by atoms with E-state index < -0.39 is 17.6 Å². The highest BCUT2D eigenvalue weighted by atomic mass is 16.6. The van der Waals surface area contributed by atoms with Gasteiger partial charge in [-0.05, 0) is 65.5 Å². The molecule has 170 valence electrons. The Morgan fingerprint density at radius 1 is 1.13 bits per heavy atom. The number of ether oxygens (including phenoxy) is 1. The minimum absolute atomic E-state index is 0.0288. The summed E-state index contributed by atoms with van der Waals surface area (Å²) in [6.07, 6.45) is 0.727. The lowest BCUT2D eigenvalue weighted by Crippen LogP contribution is -2.50. The molecule has 3 N–H and O–H groups in total.